The van der Waals surface area contributed by atoms with Crippen LogP contribution in [0.1, 0.15) is 54.0 Å². The molecule has 1 aliphatic carbocycles. The number of amides is 2. The van der Waals surface area contributed by atoms with Crippen molar-refractivity contribution in [3.63, 3.8) is 0 Å². The van der Waals surface area contributed by atoms with E-state index in [-0.39, 0.29) is 36.1 Å². The van der Waals surface area contributed by atoms with Gasteiger partial charge in [-0.1, -0.05) is 12.1 Å². The number of halogens is 1. The molecule has 2 N–H and O–H groups in total. The lowest BCUT2D eigenvalue weighted by Crippen LogP contribution is -2.53. The molecule has 2 amide bonds. The Morgan fingerprint density at radius 1 is 1.21 bits per heavy atom. The molecule has 3 heterocycles. The number of benzene rings is 1. The molecule has 34 heavy (non-hydrogen) atoms. The molecule has 0 unspecified atom stereocenters. The topological polar surface area (TPSA) is 122 Å². The van der Waals surface area contributed by atoms with E-state index in [1.165, 1.54) is 30.8 Å². The van der Waals surface area contributed by atoms with Crippen LogP contribution in [0, 0.1) is 11.7 Å². The van der Waals surface area contributed by atoms with E-state index in [1.54, 1.807) is 12.1 Å². The van der Waals surface area contributed by atoms with Crippen molar-refractivity contribution in [3.05, 3.63) is 57.5 Å². The molecule has 0 saturated heterocycles. The van der Waals surface area contributed by atoms with Crippen LogP contribution in [0.2, 0.25) is 0 Å². The van der Waals surface area contributed by atoms with Crippen LogP contribution >= 0.6 is 0 Å². The van der Waals surface area contributed by atoms with Gasteiger partial charge in [0.05, 0.1) is 5.54 Å². The molecule has 2 aliphatic heterocycles. The van der Waals surface area contributed by atoms with Gasteiger partial charge in [-0.2, -0.15) is 0 Å². The number of carbonyl (C=O) groups excluding carboxylic acids is 3. The quantitative estimate of drug-likeness (QED) is 0.505. The SMILES string of the molecule is CN(C)C(=O)C(=O)NC12CCC(CC1)Cn1c2nc(C(=O)CCc2ccc(F)cc2)c(O)c1=O. The lowest BCUT2D eigenvalue weighted by Gasteiger charge is -2.37. The monoisotopic (exact) mass is 470 g/mol. The van der Waals surface area contributed by atoms with Crippen molar-refractivity contribution in [2.24, 2.45) is 5.92 Å². The molecule has 2 aromatic rings. The van der Waals surface area contributed by atoms with Crippen LogP contribution in [0.25, 0.3) is 0 Å². The fourth-order valence-electron chi connectivity index (χ4n) is 4.79. The molecule has 3 aliphatic rings. The Bertz CT molecular complexity index is 1200. The molecular weight excluding hydrogens is 443 g/mol. The van der Waals surface area contributed by atoms with Gasteiger partial charge in [0.25, 0.3) is 5.56 Å². The summed E-state index contributed by atoms with van der Waals surface area (Å²) in [5.74, 6) is -2.84. The minimum absolute atomic E-state index is 0.0455. The van der Waals surface area contributed by atoms with E-state index in [4.69, 9.17) is 0 Å². The summed E-state index contributed by atoms with van der Waals surface area (Å²) in [5, 5.41) is 13.3. The first-order chi connectivity index (χ1) is 16.1. The standard InChI is InChI=1S/C24H27FN4O5/c1-28(2)22(34)20(32)27-24-11-9-15(10-12-24)13-29-21(33)19(31)18(26-23(24)29)17(30)8-5-14-3-6-16(25)7-4-14/h3-4,6-7,15,31H,5,8-13H2,1-2H3,(H,27,32). The molecule has 9 nitrogen and oxygen atoms in total. The van der Waals surface area contributed by atoms with Gasteiger partial charge >= 0.3 is 11.8 Å². The number of aromatic nitrogens is 2. The van der Waals surface area contributed by atoms with Crippen LogP contribution in [0.5, 0.6) is 5.75 Å². The predicted molar refractivity (Wildman–Crippen MR) is 120 cm³/mol. The zero-order chi connectivity index (χ0) is 24.6. The summed E-state index contributed by atoms with van der Waals surface area (Å²) in [7, 11) is 2.94. The van der Waals surface area contributed by atoms with E-state index in [1.807, 2.05) is 0 Å². The maximum absolute atomic E-state index is 13.1. The summed E-state index contributed by atoms with van der Waals surface area (Å²) in [6, 6.07) is 5.71. The second-order valence-corrected chi connectivity index (χ2v) is 9.28. The van der Waals surface area contributed by atoms with Gasteiger partial charge in [-0.25, -0.2) is 9.37 Å². The molecule has 0 atom stereocenters. The summed E-state index contributed by atoms with van der Waals surface area (Å²) in [4.78, 5) is 56.5. The molecular formula is C24H27FN4O5. The summed E-state index contributed by atoms with van der Waals surface area (Å²) < 4.78 is 14.5. The highest BCUT2D eigenvalue weighted by molar-refractivity contribution is 6.35. The number of nitrogens with one attached hydrogen (secondary N) is 1. The molecule has 5 rings (SSSR count). The van der Waals surface area contributed by atoms with Crippen molar-refractivity contribution in [2.45, 2.75) is 50.6 Å². The lowest BCUT2D eigenvalue weighted by molar-refractivity contribution is -0.145. The number of hydrogen-bond acceptors (Lipinski definition) is 6. The molecule has 1 aromatic carbocycles. The molecule has 0 spiro atoms. The van der Waals surface area contributed by atoms with Crippen molar-refractivity contribution in [1.82, 2.24) is 19.8 Å². The number of aromatic hydroxyl groups is 1. The van der Waals surface area contributed by atoms with Gasteiger partial charge in [-0.05, 0) is 55.7 Å². The number of Topliss-reactive ketones (excluding diaryl/α,β-unsaturated/α-hetero) is 1. The van der Waals surface area contributed by atoms with Gasteiger partial charge in [-0.3, -0.25) is 23.7 Å². The highest BCUT2D eigenvalue weighted by Gasteiger charge is 2.46. The highest BCUT2D eigenvalue weighted by Crippen LogP contribution is 2.43. The van der Waals surface area contributed by atoms with Crippen LogP contribution in [-0.4, -0.2) is 51.3 Å². The van der Waals surface area contributed by atoms with Crippen LogP contribution < -0.4 is 10.9 Å². The van der Waals surface area contributed by atoms with E-state index in [9.17, 15) is 28.7 Å². The van der Waals surface area contributed by atoms with E-state index in [0.29, 0.717) is 32.2 Å². The van der Waals surface area contributed by atoms with Crippen LogP contribution in [0.15, 0.2) is 29.1 Å². The van der Waals surface area contributed by atoms with Gasteiger partial charge in [0.2, 0.25) is 5.75 Å². The number of fused-ring (bicyclic) bond motifs is 2. The van der Waals surface area contributed by atoms with Crippen molar-refractivity contribution in [3.8, 4) is 5.75 Å². The smallest absolute Gasteiger partial charge is 0.311 e. The van der Waals surface area contributed by atoms with Gasteiger partial charge < -0.3 is 15.3 Å². The summed E-state index contributed by atoms with van der Waals surface area (Å²) in [6.45, 7) is 0.317. The second-order valence-electron chi connectivity index (χ2n) is 9.28. The number of aryl methyl sites for hydroxylation is 1. The van der Waals surface area contributed by atoms with E-state index in [2.05, 4.69) is 10.3 Å². The third-order valence-corrected chi connectivity index (χ3v) is 6.74. The molecule has 1 fully saturated rings. The van der Waals surface area contributed by atoms with Gasteiger partial charge in [0.15, 0.2) is 11.5 Å². The number of hydrogen-bond donors (Lipinski definition) is 2. The van der Waals surface area contributed by atoms with Crippen molar-refractivity contribution in [2.75, 3.05) is 14.1 Å². The first-order valence-electron chi connectivity index (χ1n) is 11.3. The van der Waals surface area contributed by atoms with Crippen molar-refractivity contribution >= 4 is 17.6 Å². The van der Waals surface area contributed by atoms with E-state index >= 15 is 0 Å². The van der Waals surface area contributed by atoms with Gasteiger partial charge in [0.1, 0.15) is 11.6 Å². The number of ketones is 1. The summed E-state index contributed by atoms with van der Waals surface area (Å²) >= 11 is 0. The summed E-state index contributed by atoms with van der Waals surface area (Å²) in [5.41, 5.74) is -1.45. The Morgan fingerprint density at radius 2 is 1.85 bits per heavy atom. The second kappa shape index (κ2) is 9.00. The van der Waals surface area contributed by atoms with Crippen molar-refractivity contribution in [1.29, 1.82) is 0 Å². The fraction of sp³-hybridized carbons (Fsp3) is 0.458. The maximum atomic E-state index is 13.1. The number of likely N-dealkylation sites (N-methyl/N-ethyl adjacent to an activating group) is 1. The van der Waals surface area contributed by atoms with E-state index < -0.39 is 34.4 Å². The van der Waals surface area contributed by atoms with Gasteiger partial charge in [0, 0.05) is 27.1 Å². The van der Waals surface area contributed by atoms with E-state index in [0.717, 1.165) is 10.5 Å². The average molecular weight is 471 g/mol. The molecule has 1 aromatic heterocycles. The molecule has 10 heteroatoms. The molecule has 1 saturated carbocycles. The lowest BCUT2D eigenvalue weighted by atomic mass is 9.77. The maximum Gasteiger partial charge on any atom is 0.311 e. The Labute approximate surface area is 195 Å². The predicted octanol–water partition coefficient (Wildman–Crippen LogP) is 1.51. The minimum atomic E-state index is -1.09. The Hall–Kier alpha value is -3.56. The normalized spacial score (nSPS) is 20.9. The largest absolute Gasteiger partial charge is 0.501 e. The molecule has 0 radical (unpaired) electrons. The zero-order valence-electron chi connectivity index (χ0n) is 19.1. The number of rotatable bonds is 5. The number of nitrogens with zero attached hydrogens (tertiary/aromatic N) is 3. The third kappa shape index (κ3) is 4.32. The third-order valence-electron chi connectivity index (χ3n) is 6.74. The Kier molecular flexibility index (Phi) is 6.24. The van der Waals surface area contributed by atoms with Crippen LogP contribution in [-0.2, 0) is 28.1 Å². The van der Waals surface area contributed by atoms with Crippen LogP contribution in [0.3, 0.4) is 0 Å². The highest BCUT2D eigenvalue weighted by atomic mass is 19.1. The Morgan fingerprint density at radius 3 is 2.47 bits per heavy atom. The summed E-state index contributed by atoms with van der Waals surface area (Å²) in [6.07, 6.45) is 2.56. The molecule has 2 bridgehead atoms. The number of carbonyl (C=O) groups is 3. The Balaban J connectivity index is 1.70. The minimum Gasteiger partial charge on any atom is -0.501 e. The fourth-order valence-corrected chi connectivity index (χ4v) is 4.79. The van der Waals surface area contributed by atoms with Crippen molar-refractivity contribution < 1.29 is 23.9 Å². The molecule has 180 valence electrons. The van der Waals surface area contributed by atoms with Gasteiger partial charge in [-0.15, -0.1) is 0 Å². The first-order valence-corrected chi connectivity index (χ1v) is 11.3. The average Bonchev–Trinajstić information content (AvgIpc) is 3.06. The first kappa shape index (κ1) is 23.6. The van der Waals surface area contributed by atoms with Crippen LogP contribution in [0.4, 0.5) is 4.39 Å². The zero-order valence-corrected chi connectivity index (χ0v) is 19.1.